The van der Waals surface area contributed by atoms with Crippen molar-refractivity contribution < 1.29 is 14.3 Å². The number of aromatic nitrogens is 4. The van der Waals surface area contributed by atoms with E-state index in [0.717, 1.165) is 43.9 Å². The van der Waals surface area contributed by atoms with Crippen LogP contribution in [0.1, 0.15) is 52.2 Å². The standard InChI is InChI=1S/C28H33N7O3/c1-21-29-12-8-25(33-21)34-15-4-9-28(10-16-35(17-11-28)27(37)22-7-13-31-32-19-22)20-38-24-6-3-2-5-23(24)26(36)30-14-18-34/h2-3,5-8,12-13,19H,4,9-11,14-18,20H2,1H3,(H,30,36). The molecule has 5 rings (SSSR count). The van der Waals surface area contributed by atoms with Gasteiger partial charge in [0, 0.05) is 44.3 Å². The molecule has 10 heteroatoms. The van der Waals surface area contributed by atoms with Gasteiger partial charge in [-0.15, -0.1) is 0 Å². The summed E-state index contributed by atoms with van der Waals surface area (Å²) in [6.07, 6.45) is 8.34. The number of carbonyl (C=O) groups is 2. The summed E-state index contributed by atoms with van der Waals surface area (Å²) in [4.78, 5) is 39.0. The molecule has 198 valence electrons. The van der Waals surface area contributed by atoms with E-state index < -0.39 is 0 Å². The van der Waals surface area contributed by atoms with Crippen LogP contribution in [0.4, 0.5) is 5.82 Å². The highest BCUT2D eigenvalue weighted by molar-refractivity contribution is 5.97. The van der Waals surface area contributed by atoms with Crippen LogP contribution < -0.4 is 15.0 Å². The number of benzene rings is 1. The van der Waals surface area contributed by atoms with Crippen molar-refractivity contribution in [2.75, 3.05) is 44.2 Å². The highest BCUT2D eigenvalue weighted by atomic mass is 16.5. The zero-order valence-corrected chi connectivity index (χ0v) is 21.7. The topological polar surface area (TPSA) is 113 Å². The minimum Gasteiger partial charge on any atom is -0.492 e. The highest BCUT2D eigenvalue weighted by Gasteiger charge is 2.37. The molecule has 0 bridgehead atoms. The van der Waals surface area contributed by atoms with E-state index in [1.165, 1.54) is 6.20 Å². The van der Waals surface area contributed by atoms with E-state index in [-0.39, 0.29) is 17.2 Å². The van der Waals surface area contributed by atoms with Crippen LogP contribution in [0.5, 0.6) is 5.75 Å². The molecule has 0 atom stereocenters. The fourth-order valence-corrected chi connectivity index (χ4v) is 5.27. The van der Waals surface area contributed by atoms with Gasteiger partial charge in [0.2, 0.25) is 0 Å². The minimum absolute atomic E-state index is 0.0207. The van der Waals surface area contributed by atoms with Crippen LogP contribution >= 0.6 is 0 Å². The highest BCUT2D eigenvalue weighted by Crippen LogP contribution is 2.38. The van der Waals surface area contributed by atoms with Crippen molar-refractivity contribution in [1.82, 2.24) is 30.4 Å². The first kappa shape index (κ1) is 25.6. The van der Waals surface area contributed by atoms with Gasteiger partial charge in [0.25, 0.3) is 11.8 Å². The first-order chi connectivity index (χ1) is 18.5. The summed E-state index contributed by atoms with van der Waals surface area (Å²) in [6.45, 7) is 5.58. The van der Waals surface area contributed by atoms with E-state index in [1.54, 1.807) is 24.5 Å². The molecule has 4 heterocycles. The van der Waals surface area contributed by atoms with Crippen LogP contribution in [-0.4, -0.2) is 76.2 Å². The van der Waals surface area contributed by atoms with Crippen LogP contribution in [-0.2, 0) is 0 Å². The van der Waals surface area contributed by atoms with E-state index >= 15 is 0 Å². The first-order valence-electron chi connectivity index (χ1n) is 13.1. The molecule has 1 saturated heterocycles. The third-order valence-corrected chi connectivity index (χ3v) is 7.50. The van der Waals surface area contributed by atoms with Crippen molar-refractivity contribution in [2.24, 2.45) is 5.41 Å². The second kappa shape index (κ2) is 11.5. The summed E-state index contributed by atoms with van der Waals surface area (Å²) < 4.78 is 6.36. The van der Waals surface area contributed by atoms with Crippen molar-refractivity contribution in [1.29, 1.82) is 0 Å². The Balaban J connectivity index is 1.36. The third-order valence-electron chi connectivity index (χ3n) is 7.50. The van der Waals surface area contributed by atoms with Gasteiger partial charge in [-0.25, -0.2) is 9.97 Å². The largest absolute Gasteiger partial charge is 0.492 e. The number of fused-ring (bicyclic) bond motifs is 1. The Bertz CT molecular complexity index is 1260. The molecule has 1 spiro atoms. The lowest BCUT2D eigenvalue weighted by Crippen LogP contribution is -2.46. The number of nitrogens with zero attached hydrogens (tertiary/aromatic N) is 6. The van der Waals surface area contributed by atoms with Gasteiger partial charge in [0.05, 0.1) is 30.1 Å². The van der Waals surface area contributed by atoms with E-state index in [9.17, 15) is 9.59 Å². The SMILES string of the molecule is Cc1nccc(N2CCCC3(CCN(C(=O)c4ccnnc4)CC3)COc3ccccc3C(=O)NCC2)n1. The molecule has 10 nitrogen and oxygen atoms in total. The van der Waals surface area contributed by atoms with E-state index in [2.05, 4.69) is 30.4 Å². The molecule has 1 N–H and O–H groups in total. The lowest BCUT2D eigenvalue weighted by Gasteiger charge is -2.42. The molecule has 1 fully saturated rings. The normalized spacial score (nSPS) is 18.3. The molecule has 2 aromatic heterocycles. The van der Waals surface area contributed by atoms with Crippen LogP contribution in [0.15, 0.2) is 55.0 Å². The molecular weight excluding hydrogens is 482 g/mol. The number of nitrogens with one attached hydrogen (secondary N) is 1. The molecule has 0 unspecified atom stereocenters. The average Bonchev–Trinajstić information content (AvgIpc) is 2.96. The van der Waals surface area contributed by atoms with Crippen molar-refractivity contribution in [2.45, 2.75) is 32.6 Å². The predicted molar refractivity (Wildman–Crippen MR) is 142 cm³/mol. The van der Waals surface area contributed by atoms with Crippen LogP contribution in [0, 0.1) is 12.3 Å². The maximum absolute atomic E-state index is 13.0. The lowest BCUT2D eigenvalue weighted by atomic mass is 9.75. The van der Waals surface area contributed by atoms with Crippen molar-refractivity contribution >= 4 is 17.6 Å². The van der Waals surface area contributed by atoms with Crippen LogP contribution in [0.25, 0.3) is 0 Å². The van der Waals surface area contributed by atoms with Gasteiger partial charge < -0.3 is 19.9 Å². The van der Waals surface area contributed by atoms with Crippen LogP contribution in [0.3, 0.4) is 0 Å². The average molecular weight is 516 g/mol. The number of carbonyl (C=O) groups excluding carboxylic acids is 2. The van der Waals surface area contributed by atoms with E-state index in [0.29, 0.717) is 49.7 Å². The number of para-hydroxylation sites is 1. The molecule has 1 aromatic carbocycles. The van der Waals surface area contributed by atoms with Gasteiger partial charge in [0.1, 0.15) is 17.4 Å². The Labute approximate surface area is 222 Å². The van der Waals surface area contributed by atoms with E-state index in [1.807, 2.05) is 36.1 Å². The summed E-state index contributed by atoms with van der Waals surface area (Å²) in [5.41, 5.74) is 0.972. The Hall–Kier alpha value is -4.08. The van der Waals surface area contributed by atoms with E-state index in [4.69, 9.17) is 4.74 Å². The number of hydrogen-bond donors (Lipinski definition) is 1. The number of hydrogen-bond acceptors (Lipinski definition) is 8. The number of piperidine rings is 1. The predicted octanol–water partition coefficient (Wildman–Crippen LogP) is 2.91. The number of amides is 2. The summed E-state index contributed by atoms with van der Waals surface area (Å²) >= 11 is 0. The quantitative estimate of drug-likeness (QED) is 0.554. The number of aryl methyl sites for hydroxylation is 1. The lowest BCUT2D eigenvalue weighted by molar-refractivity contribution is 0.0364. The Morgan fingerprint density at radius 2 is 1.84 bits per heavy atom. The van der Waals surface area contributed by atoms with Gasteiger partial charge in [-0.3, -0.25) is 9.59 Å². The maximum Gasteiger partial charge on any atom is 0.255 e. The molecule has 2 amide bonds. The minimum atomic E-state index is -0.154. The van der Waals surface area contributed by atoms with Crippen molar-refractivity contribution in [3.05, 3.63) is 71.9 Å². The number of likely N-dealkylation sites (tertiary alicyclic amines) is 1. The maximum atomic E-state index is 13.0. The Morgan fingerprint density at radius 3 is 2.63 bits per heavy atom. The molecular formula is C28H33N7O3. The Morgan fingerprint density at radius 1 is 1.00 bits per heavy atom. The fourth-order valence-electron chi connectivity index (χ4n) is 5.27. The third kappa shape index (κ3) is 5.90. The Kier molecular flexibility index (Phi) is 7.76. The van der Waals surface area contributed by atoms with Crippen LogP contribution in [0.2, 0.25) is 0 Å². The summed E-state index contributed by atoms with van der Waals surface area (Å²) in [5.74, 6) is 1.99. The number of anilines is 1. The number of rotatable bonds is 2. The fraction of sp³-hybridized carbons (Fsp3) is 0.429. The summed E-state index contributed by atoms with van der Waals surface area (Å²) in [7, 11) is 0. The zero-order valence-electron chi connectivity index (χ0n) is 21.7. The smallest absolute Gasteiger partial charge is 0.255 e. The molecule has 38 heavy (non-hydrogen) atoms. The molecule has 0 aliphatic carbocycles. The van der Waals surface area contributed by atoms with Crippen molar-refractivity contribution in [3.63, 3.8) is 0 Å². The second-order valence-corrected chi connectivity index (χ2v) is 10.0. The molecule has 0 radical (unpaired) electrons. The van der Waals surface area contributed by atoms with Gasteiger partial charge in [0.15, 0.2) is 0 Å². The molecule has 2 aliphatic rings. The van der Waals surface area contributed by atoms with Gasteiger partial charge in [-0.2, -0.15) is 10.2 Å². The summed E-state index contributed by atoms with van der Waals surface area (Å²) in [5, 5.41) is 10.7. The molecule has 3 aromatic rings. The van der Waals surface area contributed by atoms with Crippen molar-refractivity contribution in [3.8, 4) is 5.75 Å². The molecule has 2 aliphatic heterocycles. The zero-order chi connectivity index (χ0) is 26.4. The molecule has 0 saturated carbocycles. The van der Waals surface area contributed by atoms with Gasteiger partial charge >= 0.3 is 0 Å². The second-order valence-electron chi connectivity index (χ2n) is 10.0. The van der Waals surface area contributed by atoms with Gasteiger partial charge in [-0.1, -0.05) is 12.1 Å². The van der Waals surface area contributed by atoms with Gasteiger partial charge in [-0.05, 0) is 56.9 Å². The number of ether oxygens (including phenoxy) is 1. The summed E-state index contributed by atoms with van der Waals surface area (Å²) in [6, 6.07) is 11.0. The monoisotopic (exact) mass is 515 g/mol. The first-order valence-corrected chi connectivity index (χ1v) is 13.1.